The number of rotatable bonds is 8. The average molecular weight is 370 g/mol. The first-order valence-electron chi connectivity index (χ1n) is 10.1. The number of likely N-dealkylation sites (tertiary alicyclic amines) is 1. The molecule has 1 aliphatic heterocycles. The highest BCUT2D eigenvalue weighted by Crippen LogP contribution is 2.54. The number of pyridine rings is 1. The lowest BCUT2D eigenvalue weighted by molar-refractivity contribution is 0.0414. The quantitative estimate of drug-likeness (QED) is 0.776. The number of ether oxygens (including phenoxy) is 1. The van der Waals surface area contributed by atoms with Gasteiger partial charge in [0, 0.05) is 54.9 Å². The summed E-state index contributed by atoms with van der Waals surface area (Å²) < 4.78 is 7.66. The van der Waals surface area contributed by atoms with Gasteiger partial charge < -0.3 is 9.72 Å². The third-order valence-electron chi connectivity index (χ3n) is 6.43. The van der Waals surface area contributed by atoms with Crippen LogP contribution >= 0.6 is 0 Å². The van der Waals surface area contributed by atoms with Crippen LogP contribution in [0.5, 0.6) is 0 Å². The highest BCUT2D eigenvalue weighted by molar-refractivity contribution is 5.29. The molecule has 2 fully saturated rings. The van der Waals surface area contributed by atoms with E-state index in [1.54, 1.807) is 10.8 Å². The van der Waals surface area contributed by atoms with Crippen molar-refractivity contribution in [2.45, 2.75) is 51.6 Å². The molecule has 6 heteroatoms. The SMILES string of the molecule is CCOC[C@]1(CCn2cc[nH]c2=O)CCN(C2(c3ccc(C)nc3)CC2)C1. The minimum absolute atomic E-state index is 0.0270. The Balaban J connectivity index is 1.50. The number of aromatic amines is 1. The molecule has 0 radical (unpaired) electrons. The molecule has 1 saturated heterocycles. The molecule has 0 spiro atoms. The van der Waals surface area contributed by atoms with Gasteiger partial charge in [0.15, 0.2) is 0 Å². The Morgan fingerprint density at radius 3 is 2.78 bits per heavy atom. The largest absolute Gasteiger partial charge is 0.381 e. The molecular formula is C21H30N4O2. The van der Waals surface area contributed by atoms with Gasteiger partial charge in [-0.1, -0.05) is 6.07 Å². The average Bonchev–Trinajstić information content (AvgIpc) is 3.20. The zero-order chi connectivity index (χ0) is 18.9. The molecule has 1 saturated carbocycles. The molecule has 4 rings (SSSR count). The first-order valence-corrected chi connectivity index (χ1v) is 10.1. The Kier molecular flexibility index (Phi) is 4.95. The van der Waals surface area contributed by atoms with E-state index in [-0.39, 0.29) is 16.6 Å². The summed E-state index contributed by atoms with van der Waals surface area (Å²) in [5.74, 6) is 0. The standard InChI is InChI=1S/C21H30N4O2/c1-3-27-16-20(8-11-24-13-10-22-19(24)26)9-12-25(15-20)21(6-7-21)18-5-4-17(2)23-14-18/h4-5,10,13-14H,3,6-9,11-12,15-16H2,1-2H3,(H,22,26)/t20-/m1/s1. The first-order chi connectivity index (χ1) is 13.1. The molecule has 146 valence electrons. The maximum atomic E-state index is 11.8. The summed E-state index contributed by atoms with van der Waals surface area (Å²) in [5.41, 5.74) is 2.67. The first kappa shape index (κ1) is 18.4. The van der Waals surface area contributed by atoms with Crippen LogP contribution in [0.25, 0.3) is 0 Å². The molecular weight excluding hydrogens is 340 g/mol. The van der Waals surface area contributed by atoms with E-state index < -0.39 is 0 Å². The van der Waals surface area contributed by atoms with Crippen LogP contribution in [0.3, 0.4) is 0 Å². The summed E-state index contributed by atoms with van der Waals surface area (Å²) in [6.07, 6.45) is 10.1. The Morgan fingerprint density at radius 2 is 2.15 bits per heavy atom. The van der Waals surface area contributed by atoms with Crippen LogP contribution in [0.4, 0.5) is 0 Å². The van der Waals surface area contributed by atoms with Crippen LogP contribution in [0.1, 0.15) is 43.9 Å². The van der Waals surface area contributed by atoms with Crippen molar-refractivity contribution < 1.29 is 4.74 Å². The molecule has 2 aromatic rings. The monoisotopic (exact) mass is 370 g/mol. The predicted octanol–water partition coefficient (Wildman–Crippen LogP) is 2.69. The maximum absolute atomic E-state index is 11.8. The fraction of sp³-hybridized carbons (Fsp3) is 0.619. The minimum atomic E-state index is -0.0270. The van der Waals surface area contributed by atoms with Crippen molar-refractivity contribution in [3.8, 4) is 0 Å². The van der Waals surface area contributed by atoms with Crippen molar-refractivity contribution in [2.75, 3.05) is 26.3 Å². The molecule has 0 aromatic carbocycles. The normalized spacial score (nSPS) is 24.4. The van der Waals surface area contributed by atoms with Crippen molar-refractivity contribution in [3.05, 3.63) is 52.5 Å². The van der Waals surface area contributed by atoms with Gasteiger partial charge in [0.1, 0.15) is 0 Å². The zero-order valence-corrected chi connectivity index (χ0v) is 16.4. The van der Waals surface area contributed by atoms with E-state index in [9.17, 15) is 4.79 Å². The smallest absolute Gasteiger partial charge is 0.325 e. The second kappa shape index (κ2) is 7.24. The van der Waals surface area contributed by atoms with E-state index >= 15 is 0 Å². The number of imidazole rings is 1. The van der Waals surface area contributed by atoms with E-state index in [4.69, 9.17) is 4.74 Å². The number of nitrogens with one attached hydrogen (secondary N) is 1. The van der Waals surface area contributed by atoms with Gasteiger partial charge in [0.2, 0.25) is 0 Å². The fourth-order valence-electron chi connectivity index (χ4n) is 4.54. The van der Waals surface area contributed by atoms with E-state index in [0.29, 0.717) is 0 Å². The Hall–Kier alpha value is -1.92. The highest BCUT2D eigenvalue weighted by Gasteiger charge is 2.54. The van der Waals surface area contributed by atoms with Crippen LogP contribution in [0.15, 0.2) is 35.5 Å². The molecule has 6 nitrogen and oxygen atoms in total. The van der Waals surface area contributed by atoms with Gasteiger partial charge in [-0.15, -0.1) is 0 Å². The van der Waals surface area contributed by atoms with Gasteiger partial charge in [0.25, 0.3) is 0 Å². The van der Waals surface area contributed by atoms with Crippen LogP contribution in [-0.2, 0) is 16.8 Å². The number of nitrogens with zero attached hydrogens (tertiary/aromatic N) is 3. The van der Waals surface area contributed by atoms with E-state index in [1.807, 2.05) is 13.1 Å². The molecule has 1 aliphatic carbocycles. The summed E-state index contributed by atoms with van der Waals surface area (Å²) in [6.45, 7) is 8.44. The van der Waals surface area contributed by atoms with Gasteiger partial charge in [-0.25, -0.2) is 4.79 Å². The van der Waals surface area contributed by atoms with Crippen LogP contribution in [0.2, 0.25) is 0 Å². The second-order valence-corrected chi connectivity index (χ2v) is 8.24. The molecule has 27 heavy (non-hydrogen) atoms. The summed E-state index contributed by atoms with van der Waals surface area (Å²) in [5, 5.41) is 0. The lowest BCUT2D eigenvalue weighted by Gasteiger charge is -2.33. The van der Waals surface area contributed by atoms with Gasteiger partial charge >= 0.3 is 5.69 Å². The van der Waals surface area contributed by atoms with Gasteiger partial charge in [-0.3, -0.25) is 14.5 Å². The van der Waals surface area contributed by atoms with Crippen molar-refractivity contribution in [3.63, 3.8) is 0 Å². The molecule has 0 amide bonds. The van der Waals surface area contributed by atoms with Crippen LogP contribution < -0.4 is 5.69 Å². The zero-order valence-electron chi connectivity index (χ0n) is 16.4. The summed E-state index contributed by atoms with van der Waals surface area (Å²) in [4.78, 5) is 21.8. The summed E-state index contributed by atoms with van der Waals surface area (Å²) in [7, 11) is 0. The van der Waals surface area contributed by atoms with Crippen molar-refractivity contribution >= 4 is 0 Å². The number of aromatic nitrogens is 3. The number of hydrogen-bond acceptors (Lipinski definition) is 4. The van der Waals surface area contributed by atoms with Crippen molar-refractivity contribution in [1.29, 1.82) is 0 Å². The maximum Gasteiger partial charge on any atom is 0.325 e. The third kappa shape index (κ3) is 3.60. The molecule has 1 atom stereocenters. The topological polar surface area (TPSA) is 63.1 Å². The van der Waals surface area contributed by atoms with Gasteiger partial charge in [-0.05, 0) is 57.7 Å². The molecule has 1 N–H and O–H groups in total. The van der Waals surface area contributed by atoms with E-state index in [0.717, 1.165) is 51.4 Å². The summed E-state index contributed by atoms with van der Waals surface area (Å²) >= 11 is 0. The van der Waals surface area contributed by atoms with Gasteiger partial charge in [-0.2, -0.15) is 0 Å². The lowest BCUT2D eigenvalue weighted by Crippen LogP contribution is -2.38. The van der Waals surface area contributed by atoms with Crippen molar-refractivity contribution in [2.24, 2.45) is 5.41 Å². The molecule has 0 unspecified atom stereocenters. The number of H-pyrrole nitrogens is 1. The second-order valence-electron chi connectivity index (χ2n) is 8.24. The highest BCUT2D eigenvalue weighted by atomic mass is 16.5. The van der Waals surface area contributed by atoms with Gasteiger partial charge in [0.05, 0.1) is 6.61 Å². The van der Waals surface area contributed by atoms with Crippen molar-refractivity contribution in [1.82, 2.24) is 19.4 Å². The third-order valence-corrected chi connectivity index (χ3v) is 6.43. The summed E-state index contributed by atoms with van der Waals surface area (Å²) in [6, 6.07) is 4.37. The molecule has 2 aliphatic rings. The molecule has 2 aromatic heterocycles. The number of hydrogen-bond donors (Lipinski definition) is 1. The van der Waals surface area contributed by atoms with Crippen LogP contribution in [0, 0.1) is 12.3 Å². The molecule has 3 heterocycles. The molecule has 0 bridgehead atoms. The van der Waals surface area contributed by atoms with E-state index in [1.165, 1.54) is 18.4 Å². The Labute approximate surface area is 160 Å². The minimum Gasteiger partial charge on any atom is -0.381 e. The fourth-order valence-corrected chi connectivity index (χ4v) is 4.54. The Bertz CT molecular complexity index is 821. The lowest BCUT2D eigenvalue weighted by atomic mass is 9.84. The Morgan fingerprint density at radius 1 is 1.30 bits per heavy atom. The number of aryl methyl sites for hydroxylation is 2. The predicted molar refractivity (Wildman–Crippen MR) is 105 cm³/mol. The van der Waals surface area contributed by atoms with Crippen LogP contribution in [-0.4, -0.2) is 45.7 Å². The van der Waals surface area contributed by atoms with E-state index in [2.05, 4.69) is 40.1 Å².